The molecule has 0 aliphatic heterocycles. The molecule has 0 amide bonds. The fourth-order valence-electron chi connectivity index (χ4n) is 1.76. The third-order valence-corrected chi connectivity index (χ3v) is 4.03. The molecule has 0 fully saturated rings. The maximum absolute atomic E-state index is 5.31. The van der Waals surface area contributed by atoms with Crippen molar-refractivity contribution in [2.45, 2.75) is 26.5 Å². The number of thiazole rings is 1. The molecule has 0 radical (unpaired) electrons. The van der Waals surface area contributed by atoms with Gasteiger partial charge in [-0.2, -0.15) is 0 Å². The summed E-state index contributed by atoms with van der Waals surface area (Å²) >= 11 is 1.62. The molecule has 0 saturated heterocycles. The van der Waals surface area contributed by atoms with E-state index in [4.69, 9.17) is 9.47 Å². The summed E-state index contributed by atoms with van der Waals surface area (Å²) in [7, 11) is 5.47. The van der Waals surface area contributed by atoms with Crippen molar-refractivity contribution in [1.82, 2.24) is 15.2 Å². The first-order valence-electron chi connectivity index (χ1n) is 7.09. The summed E-state index contributed by atoms with van der Waals surface area (Å²) in [5.74, 6) is 0.837. The van der Waals surface area contributed by atoms with Crippen LogP contribution in [0.4, 0.5) is 0 Å². The monoisotopic (exact) mass is 442 g/mol. The van der Waals surface area contributed by atoms with Crippen molar-refractivity contribution in [2.75, 3.05) is 41.0 Å². The third-order valence-electron chi connectivity index (χ3n) is 2.98. The van der Waals surface area contributed by atoms with Gasteiger partial charge in [0, 0.05) is 39.7 Å². The highest BCUT2D eigenvalue weighted by Gasteiger charge is 2.12. The zero-order chi connectivity index (χ0) is 15.7. The zero-order valence-corrected chi connectivity index (χ0v) is 17.1. The van der Waals surface area contributed by atoms with Gasteiger partial charge in [-0.25, -0.2) is 4.98 Å². The van der Waals surface area contributed by atoms with Crippen LogP contribution in [0.25, 0.3) is 0 Å². The lowest BCUT2D eigenvalue weighted by atomic mass is 10.4. The normalized spacial score (nSPS) is 12.7. The van der Waals surface area contributed by atoms with E-state index in [0.717, 1.165) is 29.8 Å². The Kier molecular flexibility index (Phi) is 11.8. The SMILES string of the molecule is CCOCCNC(=NC)N(C)Cc1csc(C(C)OC)n1.I. The summed E-state index contributed by atoms with van der Waals surface area (Å²) in [4.78, 5) is 10.9. The second-order valence-electron chi connectivity index (χ2n) is 4.58. The molecule has 128 valence electrons. The maximum atomic E-state index is 5.31. The Bertz CT molecular complexity index is 442. The Balaban J connectivity index is 0.00000441. The van der Waals surface area contributed by atoms with Crippen LogP contribution in [0.5, 0.6) is 0 Å². The van der Waals surface area contributed by atoms with Gasteiger partial charge in [0.1, 0.15) is 11.1 Å². The summed E-state index contributed by atoms with van der Waals surface area (Å²) < 4.78 is 10.6. The van der Waals surface area contributed by atoms with Gasteiger partial charge >= 0.3 is 0 Å². The Hall–Kier alpha value is -0.450. The first-order valence-corrected chi connectivity index (χ1v) is 7.96. The Morgan fingerprint density at radius 1 is 1.55 bits per heavy atom. The average Bonchev–Trinajstić information content (AvgIpc) is 2.95. The summed E-state index contributed by atoms with van der Waals surface area (Å²) in [5.41, 5.74) is 1.02. The van der Waals surface area contributed by atoms with Crippen LogP contribution < -0.4 is 5.32 Å². The second kappa shape index (κ2) is 12.0. The number of guanidine groups is 1. The lowest BCUT2D eigenvalue weighted by Crippen LogP contribution is -2.40. The largest absolute Gasteiger partial charge is 0.380 e. The highest BCUT2D eigenvalue weighted by Crippen LogP contribution is 2.20. The Labute approximate surface area is 154 Å². The Morgan fingerprint density at radius 3 is 2.86 bits per heavy atom. The molecule has 0 saturated carbocycles. The van der Waals surface area contributed by atoms with Gasteiger partial charge in [-0.15, -0.1) is 35.3 Å². The van der Waals surface area contributed by atoms with E-state index in [-0.39, 0.29) is 30.1 Å². The van der Waals surface area contributed by atoms with Crippen LogP contribution in [0.1, 0.15) is 30.7 Å². The molecular weight excluding hydrogens is 415 g/mol. The van der Waals surface area contributed by atoms with Gasteiger partial charge in [-0.1, -0.05) is 0 Å². The van der Waals surface area contributed by atoms with Crippen molar-refractivity contribution >= 4 is 41.3 Å². The first kappa shape index (κ1) is 21.6. The maximum Gasteiger partial charge on any atom is 0.193 e. The molecule has 1 atom stereocenters. The van der Waals surface area contributed by atoms with Gasteiger partial charge in [-0.05, 0) is 13.8 Å². The molecule has 0 aromatic carbocycles. The zero-order valence-electron chi connectivity index (χ0n) is 14.0. The van der Waals surface area contributed by atoms with Gasteiger partial charge in [0.2, 0.25) is 0 Å². The number of hydrogen-bond donors (Lipinski definition) is 1. The predicted molar refractivity (Wildman–Crippen MR) is 102 cm³/mol. The molecular formula is C14H27IN4O2S. The molecule has 1 rings (SSSR count). The van der Waals surface area contributed by atoms with Crippen LogP contribution in [-0.4, -0.2) is 56.8 Å². The van der Waals surface area contributed by atoms with Crippen LogP contribution in [0.2, 0.25) is 0 Å². The molecule has 6 nitrogen and oxygen atoms in total. The minimum absolute atomic E-state index is 0. The summed E-state index contributed by atoms with van der Waals surface area (Å²) in [6.45, 7) is 6.85. The third kappa shape index (κ3) is 7.21. The van der Waals surface area contributed by atoms with Crippen LogP contribution in [0, 0.1) is 0 Å². The van der Waals surface area contributed by atoms with Gasteiger partial charge < -0.3 is 19.7 Å². The first-order chi connectivity index (χ1) is 10.1. The smallest absolute Gasteiger partial charge is 0.193 e. The van der Waals surface area contributed by atoms with Gasteiger partial charge in [0.15, 0.2) is 5.96 Å². The van der Waals surface area contributed by atoms with Crippen LogP contribution >= 0.6 is 35.3 Å². The van der Waals surface area contributed by atoms with E-state index in [1.165, 1.54) is 0 Å². The number of ether oxygens (including phenoxy) is 2. The molecule has 1 heterocycles. The summed E-state index contributed by atoms with van der Waals surface area (Å²) in [5, 5.41) is 6.33. The van der Waals surface area contributed by atoms with Gasteiger partial charge in [0.25, 0.3) is 0 Å². The molecule has 0 aliphatic rings. The summed E-state index contributed by atoms with van der Waals surface area (Å²) in [6.07, 6.45) is 0.0395. The number of methoxy groups -OCH3 is 1. The fourth-order valence-corrected chi connectivity index (χ4v) is 2.61. The van der Waals surface area contributed by atoms with Gasteiger partial charge in [-0.3, -0.25) is 4.99 Å². The minimum Gasteiger partial charge on any atom is -0.380 e. The minimum atomic E-state index is 0. The molecule has 22 heavy (non-hydrogen) atoms. The van der Waals surface area contributed by atoms with Crippen molar-refractivity contribution in [3.8, 4) is 0 Å². The molecule has 1 unspecified atom stereocenters. The number of nitrogens with one attached hydrogen (secondary N) is 1. The van der Waals surface area contributed by atoms with Crippen LogP contribution in [0.15, 0.2) is 10.4 Å². The number of rotatable bonds is 8. The van der Waals surface area contributed by atoms with Crippen molar-refractivity contribution < 1.29 is 9.47 Å². The molecule has 1 N–H and O–H groups in total. The molecule has 8 heteroatoms. The van der Waals surface area contributed by atoms with Crippen molar-refractivity contribution in [2.24, 2.45) is 4.99 Å². The number of aliphatic imine (C=N–C) groups is 1. The van der Waals surface area contributed by atoms with E-state index in [2.05, 4.69) is 20.7 Å². The number of nitrogens with zero attached hydrogens (tertiary/aromatic N) is 3. The fraction of sp³-hybridized carbons (Fsp3) is 0.714. The quantitative estimate of drug-likeness (QED) is 0.290. The van der Waals surface area contributed by atoms with E-state index in [1.807, 2.05) is 25.8 Å². The highest BCUT2D eigenvalue weighted by molar-refractivity contribution is 14.0. The molecule has 0 spiro atoms. The van der Waals surface area contributed by atoms with E-state index >= 15 is 0 Å². The number of hydrogen-bond acceptors (Lipinski definition) is 5. The number of aromatic nitrogens is 1. The standard InChI is InChI=1S/C14H26N4O2S.HI/c1-6-20-8-7-16-14(15-3)18(4)9-12-10-21-13(17-12)11(2)19-5;/h10-11H,6-9H2,1-5H3,(H,15,16);1H. The second-order valence-corrected chi connectivity index (χ2v) is 5.47. The van der Waals surface area contributed by atoms with Crippen LogP contribution in [0.3, 0.4) is 0 Å². The lowest BCUT2D eigenvalue weighted by Gasteiger charge is -2.21. The Morgan fingerprint density at radius 2 is 2.27 bits per heavy atom. The van der Waals surface area contributed by atoms with Crippen molar-refractivity contribution in [3.05, 3.63) is 16.1 Å². The van der Waals surface area contributed by atoms with E-state index in [1.54, 1.807) is 25.5 Å². The molecule has 1 aromatic rings. The topological polar surface area (TPSA) is 59.0 Å². The van der Waals surface area contributed by atoms with Gasteiger partial charge in [0.05, 0.1) is 18.8 Å². The number of halogens is 1. The van der Waals surface area contributed by atoms with E-state index < -0.39 is 0 Å². The molecule has 1 aromatic heterocycles. The summed E-state index contributed by atoms with van der Waals surface area (Å²) in [6, 6.07) is 0. The van der Waals surface area contributed by atoms with E-state index in [9.17, 15) is 0 Å². The van der Waals surface area contributed by atoms with Crippen LogP contribution in [-0.2, 0) is 16.0 Å². The average molecular weight is 442 g/mol. The van der Waals surface area contributed by atoms with Crippen molar-refractivity contribution in [3.63, 3.8) is 0 Å². The molecule has 0 bridgehead atoms. The molecule has 0 aliphatic carbocycles. The predicted octanol–water partition coefficient (Wildman–Crippen LogP) is 2.51. The van der Waals surface area contributed by atoms with Crippen molar-refractivity contribution in [1.29, 1.82) is 0 Å². The highest BCUT2D eigenvalue weighted by atomic mass is 127. The lowest BCUT2D eigenvalue weighted by molar-refractivity contribution is 0.119. The van der Waals surface area contributed by atoms with E-state index in [0.29, 0.717) is 13.2 Å².